The molecule has 100 valence electrons. The number of rotatable bonds is 6. The summed E-state index contributed by atoms with van der Waals surface area (Å²) in [4.78, 5) is 0. The van der Waals surface area contributed by atoms with E-state index in [9.17, 15) is 0 Å². The second-order valence-corrected chi connectivity index (χ2v) is 7.56. The van der Waals surface area contributed by atoms with E-state index in [1.165, 1.54) is 25.7 Å². The second kappa shape index (κ2) is 6.84. The van der Waals surface area contributed by atoms with Gasteiger partial charge in [0.05, 0.1) is 6.61 Å². The third-order valence-electron chi connectivity index (χ3n) is 4.10. The van der Waals surface area contributed by atoms with Gasteiger partial charge in [-0.2, -0.15) is 11.8 Å². The fourth-order valence-electron chi connectivity index (χ4n) is 2.96. The maximum Gasteiger partial charge on any atom is 0.0521 e. The van der Waals surface area contributed by atoms with Gasteiger partial charge in [0.2, 0.25) is 0 Å². The van der Waals surface area contributed by atoms with E-state index in [0.29, 0.717) is 17.3 Å². The first-order chi connectivity index (χ1) is 7.97. The summed E-state index contributed by atoms with van der Waals surface area (Å²) in [5.41, 5.74) is 2.07. The molecule has 0 aromatic rings. The lowest BCUT2D eigenvalue weighted by Gasteiger charge is -2.39. The van der Waals surface area contributed by atoms with Crippen LogP contribution < -0.4 is 0 Å². The van der Waals surface area contributed by atoms with Crippen LogP contribution in [-0.2, 0) is 0 Å². The summed E-state index contributed by atoms with van der Waals surface area (Å²) in [5.74, 6) is 1.64. The third-order valence-corrected chi connectivity index (χ3v) is 5.33. The van der Waals surface area contributed by atoms with Gasteiger partial charge >= 0.3 is 0 Å². The van der Waals surface area contributed by atoms with Gasteiger partial charge in [-0.25, -0.2) is 0 Å². The molecule has 1 nitrogen and oxygen atoms in total. The summed E-state index contributed by atoms with van der Waals surface area (Å²) in [7, 11) is 0. The molecule has 2 atom stereocenters. The van der Waals surface area contributed by atoms with Gasteiger partial charge in [-0.05, 0) is 43.9 Å². The van der Waals surface area contributed by atoms with Gasteiger partial charge in [0.15, 0.2) is 0 Å². The van der Waals surface area contributed by atoms with E-state index in [2.05, 4.69) is 33.8 Å². The summed E-state index contributed by atoms with van der Waals surface area (Å²) in [5, 5.41) is 9.50. The van der Waals surface area contributed by atoms with Crippen molar-refractivity contribution in [1.29, 1.82) is 0 Å². The molecule has 0 spiro atoms. The zero-order valence-corrected chi connectivity index (χ0v) is 12.6. The standard InChI is InChI=1S/C15H28OS/c1-12-6-5-9-15(3,4)14(12)8-7-13(2)17-11-10-16/h6,13-14,16H,5,7-11H2,1-4H3. The molecule has 1 rings (SSSR count). The highest BCUT2D eigenvalue weighted by Gasteiger charge is 2.32. The van der Waals surface area contributed by atoms with Crippen LogP contribution in [0.2, 0.25) is 0 Å². The molecule has 0 aliphatic heterocycles. The summed E-state index contributed by atoms with van der Waals surface area (Å²) < 4.78 is 0. The van der Waals surface area contributed by atoms with Gasteiger partial charge < -0.3 is 5.11 Å². The molecule has 0 bridgehead atoms. The molecule has 0 aromatic carbocycles. The second-order valence-electron chi connectivity index (χ2n) is 6.01. The van der Waals surface area contributed by atoms with E-state index in [0.717, 1.165) is 11.7 Å². The SMILES string of the molecule is CC1=CCCC(C)(C)C1CCC(C)SCCO. The Morgan fingerprint density at radius 1 is 1.53 bits per heavy atom. The normalized spacial score (nSPS) is 25.5. The Bertz CT molecular complexity index is 258. The first-order valence-electron chi connectivity index (χ1n) is 6.86. The average molecular weight is 256 g/mol. The lowest BCUT2D eigenvalue weighted by molar-refractivity contribution is 0.201. The molecular formula is C15H28OS. The molecule has 1 aliphatic carbocycles. The van der Waals surface area contributed by atoms with Crippen LogP contribution in [-0.4, -0.2) is 22.7 Å². The largest absolute Gasteiger partial charge is 0.396 e. The first-order valence-corrected chi connectivity index (χ1v) is 7.91. The van der Waals surface area contributed by atoms with Crippen LogP contribution in [0.1, 0.15) is 53.4 Å². The van der Waals surface area contributed by atoms with Crippen molar-refractivity contribution in [2.24, 2.45) is 11.3 Å². The van der Waals surface area contributed by atoms with Crippen molar-refractivity contribution in [2.45, 2.75) is 58.6 Å². The van der Waals surface area contributed by atoms with Gasteiger partial charge in [0.25, 0.3) is 0 Å². The van der Waals surface area contributed by atoms with E-state index in [4.69, 9.17) is 5.11 Å². The highest BCUT2D eigenvalue weighted by Crippen LogP contribution is 2.43. The van der Waals surface area contributed by atoms with Crippen molar-refractivity contribution in [3.63, 3.8) is 0 Å². The molecule has 1 aliphatic rings. The Morgan fingerprint density at radius 3 is 2.82 bits per heavy atom. The lowest BCUT2D eigenvalue weighted by Crippen LogP contribution is -2.28. The zero-order chi connectivity index (χ0) is 12.9. The van der Waals surface area contributed by atoms with Crippen molar-refractivity contribution in [3.05, 3.63) is 11.6 Å². The van der Waals surface area contributed by atoms with Crippen LogP contribution in [0, 0.1) is 11.3 Å². The minimum Gasteiger partial charge on any atom is -0.396 e. The summed E-state index contributed by atoms with van der Waals surface area (Å²) >= 11 is 1.90. The lowest BCUT2D eigenvalue weighted by atomic mass is 9.67. The number of aliphatic hydroxyl groups is 1. The molecule has 0 saturated heterocycles. The van der Waals surface area contributed by atoms with E-state index in [-0.39, 0.29) is 0 Å². The van der Waals surface area contributed by atoms with Crippen molar-refractivity contribution in [3.8, 4) is 0 Å². The van der Waals surface area contributed by atoms with Crippen LogP contribution in [0.15, 0.2) is 11.6 Å². The van der Waals surface area contributed by atoms with Gasteiger partial charge in [0.1, 0.15) is 0 Å². The average Bonchev–Trinajstić information content (AvgIpc) is 2.24. The minimum atomic E-state index is 0.308. The maximum absolute atomic E-state index is 8.83. The van der Waals surface area contributed by atoms with Gasteiger partial charge in [-0.3, -0.25) is 0 Å². The number of hydrogen-bond acceptors (Lipinski definition) is 2. The topological polar surface area (TPSA) is 20.2 Å². The van der Waals surface area contributed by atoms with Crippen molar-refractivity contribution in [2.75, 3.05) is 12.4 Å². The first kappa shape index (κ1) is 15.1. The Kier molecular flexibility index (Phi) is 6.08. The fourth-order valence-corrected chi connectivity index (χ4v) is 3.77. The number of allylic oxidation sites excluding steroid dienone is 2. The van der Waals surface area contributed by atoms with E-state index in [1.807, 2.05) is 11.8 Å². The molecule has 0 heterocycles. The van der Waals surface area contributed by atoms with E-state index < -0.39 is 0 Å². The van der Waals surface area contributed by atoms with E-state index >= 15 is 0 Å². The molecular weight excluding hydrogens is 228 g/mol. The van der Waals surface area contributed by atoms with Gasteiger partial charge in [-0.15, -0.1) is 0 Å². The molecule has 2 unspecified atom stereocenters. The van der Waals surface area contributed by atoms with Crippen LogP contribution >= 0.6 is 11.8 Å². The van der Waals surface area contributed by atoms with Gasteiger partial charge in [-0.1, -0.05) is 32.4 Å². The Morgan fingerprint density at radius 2 is 2.24 bits per heavy atom. The predicted octanol–water partition coefficient (Wildman–Crippen LogP) is 4.26. The zero-order valence-electron chi connectivity index (χ0n) is 11.8. The molecule has 0 fully saturated rings. The van der Waals surface area contributed by atoms with Crippen molar-refractivity contribution >= 4 is 11.8 Å². The van der Waals surface area contributed by atoms with Crippen molar-refractivity contribution in [1.82, 2.24) is 0 Å². The summed E-state index contributed by atoms with van der Waals surface area (Å²) in [6.45, 7) is 9.73. The molecule has 0 aromatic heterocycles. The molecule has 2 heteroatoms. The molecule has 0 radical (unpaired) electrons. The highest BCUT2D eigenvalue weighted by atomic mass is 32.2. The van der Waals surface area contributed by atoms with Crippen LogP contribution in [0.5, 0.6) is 0 Å². The Balaban J connectivity index is 2.43. The number of aliphatic hydroxyl groups excluding tert-OH is 1. The minimum absolute atomic E-state index is 0.308. The monoisotopic (exact) mass is 256 g/mol. The van der Waals surface area contributed by atoms with Crippen LogP contribution in [0.3, 0.4) is 0 Å². The highest BCUT2D eigenvalue weighted by molar-refractivity contribution is 7.99. The maximum atomic E-state index is 8.83. The smallest absolute Gasteiger partial charge is 0.0521 e. The molecule has 1 N–H and O–H groups in total. The predicted molar refractivity (Wildman–Crippen MR) is 78.5 cm³/mol. The van der Waals surface area contributed by atoms with Crippen LogP contribution in [0.4, 0.5) is 0 Å². The number of thioether (sulfide) groups is 1. The van der Waals surface area contributed by atoms with Gasteiger partial charge in [0, 0.05) is 11.0 Å². The Labute approximate surface area is 111 Å². The molecule has 17 heavy (non-hydrogen) atoms. The Hall–Kier alpha value is 0.0500. The third kappa shape index (κ3) is 4.67. The quantitative estimate of drug-likeness (QED) is 0.716. The van der Waals surface area contributed by atoms with Crippen molar-refractivity contribution < 1.29 is 5.11 Å². The van der Waals surface area contributed by atoms with E-state index in [1.54, 1.807) is 5.57 Å². The fraction of sp³-hybridized carbons (Fsp3) is 0.867. The summed E-state index contributed by atoms with van der Waals surface area (Å²) in [6, 6.07) is 0. The summed E-state index contributed by atoms with van der Waals surface area (Å²) in [6.07, 6.45) is 7.58. The number of hydrogen-bond donors (Lipinski definition) is 1. The molecule has 0 amide bonds. The van der Waals surface area contributed by atoms with Crippen LogP contribution in [0.25, 0.3) is 0 Å². The molecule has 0 saturated carbocycles.